The van der Waals surface area contributed by atoms with Gasteiger partial charge in [-0.25, -0.2) is 0 Å². The predicted octanol–water partition coefficient (Wildman–Crippen LogP) is 2.30. The molecule has 0 aliphatic rings. The van der Waals surface area contributed by atoms with E-state index in [0.717, 1.165) is 12.3 Å². The Balaban J connectivity index is 4.18. The van der Waals surface area contributed by atoms with Crippen LogP contribution >= 0.6 is 0 Å². The summed E-state index contributed by atoms with van der Waals surface area (Å²) in [6, 6.07) is 0.977. The van der Waals surface area contributed by atoms with Gasteiger partial charge in [0, 0.05) is 6.42 Å². The molecule has 5 heteroatoms. The molecule has 0 bridgehead atoms. The zero-order chi connectivity index (χ0) is 12.8. The highest BCUT2D eigenvalue weighted by atomic mass is 28.4. The minimum Gasteiger partial charge on any atom is -0.481 e. The molecule has 0 saturated heterocycles. The van der Waals surface area contributed by atoms with E-state index in [-0.39, 0.29) is 12.8 Å². The fourth-order valence-corrected chi connectivity index (χ4v) is 4.92. The van der Waals surface area contributed by atoms with Gasteiger partial charge in [-0.3, -0.25) is 4.79 Å². The molecule has 0 saturated carbocycles. The summed E-state index contributed by atoms with van der Waals surface area (Å²) in [4.78, 5) is 21.2. The van der Waals surface area contributed by atoms with Crippen LogP contribution in [-0.4, -0.2) is 31.8 Å². The molecule has 0 aliphatic carbocycles. The molecule has 0 amide bonds. The Kier molecular flexibility index (Phi) is 6.51. The van der Waals surface area contributed by atoms with Crippen molar-refractivity contribution in [2.75, 3.05) is 0 Å². The number of aliphatic carboxylic acids is 1. The number of hydrogen-bond donors (Lipinski definition) is 1. The molecule has 0 aromatic rings. The largest absolute Gasteiger partial charge is 0.481 e. The Morgan fingerprint density at radius 3 is 2.38 bits per heavy atom. The lowest BCUT2D eigenvalue weighted by Crippen LogP contribution is -2.37. The Hall–Kier alpha value is -0.683. The first-order valence-electron chi connectivity index (χ1n) is 5.61. The summed E-state index contributed by atoms with van der Waals surface area (Å²) >= 11 is 0. The number of carboxylic acids is 1. The third kappa shape index (κ3) is 7.59. The second-order valence-electron chi connectivity index (χ2n) is 5.08. The Bertz CT molecular complexity index is 238. The normalized spacial score (nSPS) is 13.8. The van der Waals surface area contributed by atoms with Crippen LogP contribution in [-0.2, 0) is 14.0 Å². The van der Waals surface area contributed by atoms with Gasteiger partial charge in [0.2, 0.25) is 0 Å². The van der Waals surface area contributed by atoms with Crippen LogP contribution in [0.25, 0.3) is 0 Å². The van der Waals surface area contributed by atoms with Crippen LogP contribution in [0.4, 0.5) is 0 Å². The van der Waals surface area contributed by atoms with Crippen molar-refractivity contribution in [3.8, 4) is 0 Å². The molecular weight excluding hydrogens is 224 g/mol. The van der Waals surface area contributed by atoms with Crippen LogP contribution in [0.3, 0.4) is 0 Å². The fourth-order valence-electron chi connectivity index (χ4n) is 1.86. The molecule has 0 aliphatic heterocycles. The van der Waals surface area contributed by atoms with Crippen LogP contribution in [0.5, 0.6) is 0 Å². The van der Waals surface area contributed by atoms with E-state index in [4.69, 9.17) is 9.53 Å². The van der Waals surface area contributed by atoms with Crippen molar-refractivity contribution in [1.82, 2.24) is 0 Å². The first kappa shape index (κ1) is 15.3. The molecule has 0 rings (SSSR count). The summed E-state index contributed by atoms with van der Waals surface area (Å²) in [5, 5.41) is 8.54. The van der Waals surface area contributed by atoms with Gasteiger partial charge in [0.05, 0.1) is 0 Å². The minimum atomic E-state index is -1.85. The van der Waals surface area contributed by atoms with Crippen molar-refractivity contribution < 1.29 is 19.1 Å². The lowest BCUT2D eigenvalue weighted by atomic mass is 10.2. The average molecular weight is 246 g/mol. The highest BCUT2D eigenvalue weighted by Crippen LogP contribution is 2.20. The molecule has 4 nitrogen and oxygen atoms in total. The van der Waals surface area contributed by atoms with Crippen molar-refractivity contribution >= 4 is 20.6 Å². The first-order chi connectivity index (χ1) is 7.26. The van der Waals surface area contributed by atoms with Gasteiger partial charge < -0.3 is 14.3 Å². The van der Waals surface area contributed by atoms with Crippen molar-refractivity contribution in [2.24, 2.45) is 5.92 Å². The highest BCUT2D eigenvalue weighted by Gasteiger charge is 2.27. The van der Waals surface area contributed by atoms with Crippen molar-refractivity contribution in [3.63, 3.8) is 0 Å². The van der Waals surface area contributed by atoms with Crippen LogP contribution in [0.2, 0.25) is 19.1 Å². The van der Waals surface area contributed by atoms with Crippen molar-refractivity contribution in [2.45, 2.75) is 51.9 Å². The molecule has 0 spiro atoms. The molecule has 0 unspecified atom stereocenters. The highest BCUT2D eigenvalue weighted by molar-refractivity contribution is 6.71. The lowest BCUT2D eigenvalue weighted by molar-refractivity contribution is -0.137. The molecule has 1 atom stereocenters. The summed E-state index contributed by atoms with van der Waals surface area (Å²) in [5.74, 6) is -0.354. The van der Waals surface area contributed by atoms with E-state index in [1.807, 2.05) is 0 Å². The molecule has 0 heterocycles. The maximum absolute atomic E-state index is 10.8. The minimum absolute atomic E-state index is 0.0183. The molecule has 0 aromatic heterocycles. The second-order valence-corrected chi connectivity index (χ2v) is 9.25. The van der Waals surface area contributed by atoms with Gasteiger partial charge >= 0.3 is 5.97 Å². The average Bonchev–Trinajstić information content (AvgIpc) is 2.09. The van der Waals surface area contributed by atoms with E-state index in [9.17, 15) is 9.59 Å². The molecule has 0 radical (unpaired) electrons. The standard InChI is InChI=1S/C11H22O4Si/c1-9(2)8-16(3,4)15-10(7-12)5-6-11(13)14/h7,9-10H,5-6,8H2,1-4H3,(H,13,14)/t10-/m0/s1. The summed E-state index contributed by atoms with van der Waals surface area (Å²) in [6.07, 6.45) is 0.414. The van der Waals surface area contributed by atoms with Gasteiger partial charge in [0.1, 0.15) is 12.4 Å². The van der Waals surface area contributed by atoms with E-state index < -0.39 is 20.4 Å². The predicted molar refractivity (Wildman–Crippen MR) is 64.9 cm³/mol. The molecule has 1 N–H and O–H groups in total. The lowest BCUT2D eigenvalue weighted by Gasteiger charge is -2.27. The quantitative estimate of drug-likeness (QED) is 0.527. The maximum atomic E-state index is 10.8. The van der Waals surface area contributed by atoms with Gasteiger partial charge in [0.15, 0.2) is 8.32 Å². The zero-order valence-corrected chi connectivity index (χ0v) is 11.5. The summed E-state index contributed by atoms with van der Waals surface area (Å²) in [5.41, 5.74) is 0. The summed E-state index contributed by atoms with van der Waals surface area (Å²) in [7, 11) is -1.85. The van der Waals surface area contributed by atoms with E-state index in [0.29, 0.717) is 5.92 Å². The van der Waals surface area contributed by atoms with Gasteiger partial charge in [-0.05, 0) is 31.5 Å². The number of hydrogen-bond acceptors (Lipinski definition) is 3. The van der Waals surface area contributed by atoms with E-state index in [1.165, 1.54) is 0 Å². The monoisotopic (exact) mass is 246 g/mol. The number of rotatable bonds is 8. The third-order valence-corrected chi connectivity index (χ3v) is 4.91. The van der Waals surface area contributed by atoms with Gasteiger partial charge in [-0.2, -0.15) is 0 Å². The number of carbonyl (C=O) groups is 2. The second kappa shape index (κ2) is 6.80. The summed E-state index contributed by atoms with van der Waals surface area (Å²) in [6.45, 7) is 8.35. The number of carboxylic acid groups (broad SMARTS) is 1. The van der Waals surface area contributed by atoms with E-state index in [2.05, 4.69) is 26.9 Å². The van der Waals surface area contributed by atoms with E-state index >= 15 is 0 Å². The Morgan fingerprint density at radius 1 is 1.44 bits per heavy atom. The zero-order valence-electron chi connectivity index (χ0n) is 10.5. The topological polar surface area (TPSA) is 63.6 Å². The van der Waals surface area contributed by atoms with Crippen LogP contribution < -0.4 is 0 Å². The Morgan fingerprint density at radius 2 is 2.00 bits per heavy atom. The van der Waals surface area contributed by atoms with Crippen molar-refractivity contribution in [3.05, 3.63) is 0 Å². The van der Waals surface area contributed by atoms with E-state index in [1.54, 1.807) is 0 Å². The first-order valence-corrected chi connectivity index (χ1v) is 8.73. The SMILES string of the molecule is CC(C)C[Si](C)(C)O[C@H](C=O)CCC(=O)O. The molecule has 0 fully saturated rings. The van der Waals surface area contributed by atoms with Gasteiger partial charge in [-0.15, -0.1) is 0 Å². The smallest absolute Gasteiger partial charge is 0.303 e. The fraction of sp³-hybridized carbons (Fsp3) is 0.818. The van der Waals surface area contributed by atoms with Crippen molar-refractivity contribution in [1.29, 1.82) is 0 Å². The number of carbonyl (C=O) groups excluding carboxylic acids is 1. The molecule has 0 aromatic carbocycles. The van der Waals surface area contributed by atoms with Gasteiger partial charge in [-0.1, -0.05) is 13.8 Å². The summed E-state index contributed by atoms with van der Waals surface area (Å²) < 4.78 is 5.76. The maximum Gasteiger partial charge on any atom is 0.303 e. The molecular formula is C11H22O4Si. The molecule has 16 heavy (non-hydrogen) atoms. The Labute approximate surface area is 98.1 Å². The van der Waals surface area contributed by atoms with Crippen LogP contribution in [0.1, 0.15) is 26.7 Å². The third-order valence-electron chi connectivity index (χ3n) is 2.16. The van der Waals surface area contributed by atoms with Crippen LogP contribution in [0, 0.1) is 5.92 Å². The van der Waals surface area contributed by atoms with Gasteiger partial charge in [0.25, 0.3) is 0 Å². The number of aldehydes is 1. The molecule has 94 valence electrons. The van der Waals surface area contributed by atoms with Crippen LogP contribution in [0.15, 0.2) is 0 Å².